The zero-order valence-corrected chi connectivity index (χ0v) is 18.7. The van der Waals surface area contributed by atoms with Gasteiger partial charge >= 0.3 is 0 Å². The number of hydrogen-bond acceptors (Lipinski definition) is 4. The van der Waals surface area contributed by atoms with Crippen LogP contribution >= 0.6 is 23.4 Å². The van der Waals surface area contributed by atoms with Gasteiger partial charge in [0.05, 0.1) is 12.7 Å². The molecular formula is C23H27ClN2O3S. The number of likely N-dealkylation sites (tertiary alicyclic amines) is 1. The zero-order valence-electron chi connectivity index (χ0n) is 17.1. The zero-order chi connectivity index (χ0) is 21.3. The Morgan fingerprint density at radius 2 is 1.90 bits per heavy atom. The van der Waals surface area contributed by atoms with Gasteiger partial charge in [0, 0.05) is 35.5 Å². The van der Waals surface area contributed by atoms with Crippen LogP contribution in [0.1, 0.15) is 29.6 Å². The molecule has 0 atom stereocenters. The smallest absolute Gasteiger partial charge is 0.257 e. The summed E-state index contributed by atoms with van der Waals surface area (Å²) in [4.78, 5) is 28.3. The third-order valence-electron chi connectivity index (χ3n) is 5.18. The summed E-state index contributed by atoms with van der Waals surface area (Å²) in [5.41, 5.74) is 0.462. The van der Waals surface area contributed by atoms with Crippen LogP contribution in [0.25, 0.3) is 0 Å². The van der Waals surface area contributed by atoms with Crippen LogP contribution in [0.15, 0.2) is 53.4 Å². The molecular weight excluding hydrogens is 420 g/mol. The minimum Gasteiger partial charge on any atom is -0.496 e. The molecule has 2 aromatic rings. The van der Waals surface area contributed by atoms with Crippen molar-refractivity contribution in [1.29, 1.82) is 0 Å². The van der Waals surface area contributed by atoms with E-state index >= 15 is 0 Å². The molecule has 2 amide bonds. The average molecular weight is 447 g/mol. The number of nitrogens with one attached hydrogen (secondary N) is 1. The van der Waals surface area contributed by atoms with Crippen molar-refractivity contribution >= 4 is 35.2 Å². The molecule has 5 nitrogen and oxygen atoms in total. The predicted molar refractivity (Wildman–Crippen MR) is 121 cm³/mol. The lowest BCUT2D eigenvalue weighted by Crippen LogP contribution is -2.43. The van der Waals surface area contributed by atoms with Crippen LogP contribution in [0.2, 0.25) is 5.02 Å². The van der Waals surface area contributed by atoms with E-state index in [0.29, 0.717) is 48.8 Å². The van der Waals surface area contributed by atoms with Crippen LogP contribution in [0.3, 0.4) is 0 Å². The van der Waals surface area contributed by atoms with Crippen LogP contribution in [0, 0.1) is 5.92 Å². The molecule has 0 radical (unpaired) electrons. The first kappa shape index (κ1) is 22.5. The molecule has 1 saturated heterocycles. The molecule has 7 heteroatoms. The van der Waals surface area contributed by atoms with E-state index in [9.17, 15) is 9.59 Å². The molecule has 0 bridgehead atoms. The number of carbonyl (C=O) groups excluding carboxylic acids is 2. The second-order valence-corrected chi connectivity index (χ2v) is 8.82. The van der Waals surface area contributed by atoms with Crippen molar-refractivity contribution in [3.63, 3.8) is 0 Å². The highest BCUT2D eigenvalue weighted by Crippen LogP contribution is 2.26. The fourth-order valence-corrected chi connectivity index (χ4v) is 4.54. The van der Waals surface area contributed by atoms with Gasteiger partial charge in [-0.15, -0.1) is 11.8 Å². The molecule has 1 N–H and O–H groups in total. The fourth-order valence-electron chi connectivity index (χ4n) is 3.50. The van der Waals surface area contributed by atoms with Gasteiger partial charge < -0.3 is 15.0 Å². The minimum atomic E-state index is -0.105. The molecule has 1 heterocycles. The molecule has 160 valence electrons. The number of nitrogens with zero attached hydrogens (tertiary/aromatic N) is 1. The molecule has 3 rings (SSSR count). The summed E-state index contributed by atoms with van der Waals surface area (Å²) < 4.78 is 5.29. The molecule has 0 saturated carbocycles. The number of benzene rings is 2. The maximum Gasteiger partial charge on any atom is 0.257 e. The topological polar surface area (TPSA) is 58.6 Å². The van der Waals surface area contributed by atoms with Crippen LogP contribution in [-0.2, 0) is 4.79 Å². The number of amides is 2. The van der Waals surface area contributed by atoms with Crippen LogP contribution in [-0.4, -0.2) is 49.2 Å². The average Bonchev–Trinajstić information content (AvgIpc) is 2.79. The van der Waals surface area contributed by atoms with Gasteiger partial charge in [-0.3, -0.25) is 9.59 Å². The van der Waals surface area contributed by atoms with Crippen molar-refractivity contribution in [2.45, 2.75) is 24.2 Å². The van der Waals surface area contributed by atoms with Gasteiger partial charge in [-0.25, -0.2) is 0 Å². The molecule has 1 aliphatic rings. The van der Waals surface area contributed by atoms with Crippen molar-refractivity contribution in [3.05, 3.63) is 59.1 Å². The van der Waals surface area contributed by atoms with Crippen molar-refractivity contribution in [1.82, 2.24) is 10.2 Å². The maximum atomic E-state index is 12.9. The summed E-state index contributed by atoms with van der Waals surface area (Å²) in [5.74, 6) is 1.42. The largest absolute Gasteiger partial charge is 0.496 e. The summed E-state index contributed by atoms with van der Waals surface area (Å²) in [6.45, 7) is 1.78. The molecule has 30 heavy (non-hydrogen) atoms. The minimum absolute atomic E-state index is 0.0444. The number of hydrogen-bond donors (Lipinski definition) is 1. The van der Waals surface area contributed by atoms with E-state index in [0.717, 1.165) is 12.2 Å². The second kappa shape index (κ2) is 11.3. The Kier molecular flexibility index (Phi) is 8.46. The summed E-state index contributed by atoms with van der Waals surface area (Å²) in [5, 5.41) is 3.55. The van der Waals surface area contributed by atoms with E-state index in [1.54, 1.807) is 34.9 Å². The van der Waals surface area contributed by atoms with Gasteiger partial charge in [0.15, 0.2) is 0 Å². The molecule has 0 aromatic heterocycles. The highest BCUT2D eigenvalue weighted by Gasteiger charge is 2.28. The van der Waals surface area contributed by atoms with Gasteiger partial charge in [0.1, 0.15) is 5.75 Å². The first-order valence-electron chi connectivity index (χ1n) is 10.2. The Morgan fingerprint density at radius 3 is 2.60 bits per heavy atom. The number of piperidine rings is 1. The summed E-state index contributed by atoms with van der Waals surface area (Å²) >= 11 is 7.84. The number of carbonyl (C=O) groups is 2. The third-order valence-corrected chi connectivity index (χ3v) is 6.51. The highest BCUT2D eigenvalue weighted by molar-refractivity contribution is 7.99. The van der Waals surface area contributed by atoms with Gasteiger partial charge in [0.2, 0.25) is 5.91 Å². The molecule has 2 aromatic carbocycles. The normalized spacial score (nSPS) is 14.4. The quantitative estimate of drug-likeness (QED) is 0.479. The van der Waals surface area contributed by atoms with Gasteiger partial charge in [-0.1, -0.05) is 29.8 Å². The monoisotopic (exact) mass is 446 g/mol. The number of methoxy groups -OCH3 is 1. The first-order chi connectivity index (χ1) is 14.6. The Morgan fingerprint density at radius 1 is 1.17 bits per heavy atom. The Labute approximate surface area is 187 Å². The lowest BCUT2D eigenvalue weighted by molar-refractivity contribution is -0.126. The fraction of sp³-hybridized carbons (Fsp3) is 0.391. The van der Waals surface area contributed by atoms with Crippen LogP contribution < -0.4 is 10.1 Å². The lowest BCUT2D eigenvalue weighted by atomic mass is 9.95. The van der Waals surface area contributed by atoms with Crippen molar-refractivity contribution in [2.75, 3.05) is 32.5 Å². The molecule has 0 spiro atoms. The second-order valence-electron chi connectivity index (χ2n) is 7.22. The van der Waals surface area contributed by atoms with Crippen molar-refractivity contribution < 1.29 is 14.3 Å². The SMILES string of the molecule is COc1ccc(Cl)cc1C(=O)N1CCC(C(=O)NCCCSc2ccccc2)CC1. The van der Waals surface area contributed by atoms with E-state index in [4.69, 9.17) is 16.3 Å². The van der Waals surface area contributed by atoms with E-state index < -0.39 is 0 Å². The standard InChI is InChI=1S/C23H27ClN2O3S/c1-29-21-9-8-18(24)16-20(21)23(28)26-13-10-17(11-14-26)22(27)25-12-5-15-30-19-6-3-2-4-7-19/h2-4,6-9,16-17H,5,10-15H2,1H3,(H,25,27). The van der Waals surface area contributed by atoms with E-state index in [1.807, 2.05) is 18.2 Å². The van der Waals surface area contributed by atoms with Gasteiger partial charge in [-0.2, -0.15) is 0 Å². The number of thioether (sulfide) groups is 1. The highest BCUT2D eigenvalue weighted by atomic mass is 35.5. The first-order valence-corrected chi connectivity index (χ1v) is 11.5. The lowest BCUT2D eigenvalue weighted by Gasteiger charge is -2.31. The summed E-state index contributed by atoms with van der Waals surface area (Å²) in [6.07, 6.45) is 2.26. The summed E-state index contributed by atoms with van der Waals surface area (Å²) in [7, 11) is 1.54. The summed E-state index contributed by atoms with van der Waals surface area (Å²) in [6, 6.07) is 15.3. The van der Waals surface area contributed by atoms with E-state index in [2.05, 4.69) is 17.4 Å². The Bertz CT molecular complexity index is 855. The van der Waals surface area contributed by atoms with E-state index in [-0.39, 0.29) is 17.7 Å². The van der Waals surface area contributed by atoms with E-state index in [1.165, 1.54) is 12.0 Å². The molecule has 0 unspecified atom stereocenters. The molecule has 0 aliphatic carbocycles. The Balaban J connectivity index is 1.40. The predicted octanol–water partition coefficient (Wildman–Crippen LogP) is 4.50. The molecule has 1 aliphatic heterocycles. The van der Waals surface area contributed by atoms with Gasteiger partial charge in [0.25, 0.3) is 5.91 Å². The van der Waals surface area contributed by atoms with Crippen LogP contribution in [0.5, 0.6) is 5.75 Å². The number of ether oxygens (including phenoxy) is 1. The number of rotatable bonds is 8. The third kappa shape index (κ3) is 6.16. The maximum absolute atomic E-state index is 12.9. The Hall–Kier alpha value is -2.18. The van der Waals surface area contributed by atoms with Crippen molar-refractivity contribution in [3.8, 4) is 5.75 Å². The van der Waals surface area contributed by atoms with Crippen LogP contribution in [0.4, 0.5) is 0 Å². The van der Waals surface area contributed by atoms with Gasteiger partial charge in [-0.05, 0) is 55.3 Å². The molecule has 1 fully saturated rings. The van der Waals surface area contributed by atoms with Crippen molar-refractivity contribution in [2.24, 2.45) is 5.92 Å². The number of halogens is 1.